The van der Waals surface area contributed by atoms with Crippen molar-refractivity contribution in [2.45, 2.75) is 48.2 Å². The summed E-state index contributed by atoms with van der Waals surface area (Å²) in [5.74, 6) is 0.247. The molecular formula is C24H32F3N3O5S3. The molecule has 2 heterocycles. The SMILES string of the molecule is CC(O)(c1ccc(N2CCN(S(=O)(=O)c3cccs3)C[C@@H]2CN(CC2CCC2)S(C)(=O)=O)cc1)C(F)(F)F. The van der Waals surface area contributed by atoms with Gasteiger partial charge in [-0.25, -0.2) is 16.8 Å². The van der Waals surface area contributed by atoms with Crippen LogP contribution in [0.1, 0.15) is 31.7 Å². The standard InChI is InChI=1S/C24H32F3N3O5S3/c1-23(31,24(25,26)27)19-8-10-20(11-9-19)30-13-12-28(38(34,35)22-7-4-14-36-22)16-21(30)17-29(37(2,32)33)15-18-5-3-6-18/h4,7-11,14,18,21,31H,3,5-6,12-13,15-17H2,1-2H3/t21-,23?/m1/s1. The van der Waals surface area contributed by atoms with E-state index in [-0.39, 0.29) is 41.9 Å². The minimum atomic E-state index is -4.86. The Morgan fingerprint density at radius 2 is 1.71 bits per heavy atom. The summed E-state index contributed by atoms with van der Waals surface area (Å²) < 4.78 is 94.7. The van der Waals surface area contributed by atoms with Crippen LogP contribution in [0.5, 0.6) is 0 Å². The van der Waals surface area contributed by atoms with Crippen LogP contribution < -0.4 is 4.90 Å². The van der Waals surface area contributed by atoms with Crippen LogP contribution in [0, 0.1) is 5.92 Å². The Bertz CT molecular complexity index is 1310. The maximum Gasteiger partial charge on any atom is 0.421 e. The summed E-state index contributed by atoms with van der Waals surface area (Å²) in [4.78, 5) is 1.84. The molecule has 8 nitrogen and oxygen atoms in total. The fourth-order valence-electron chi connectivity index (χ4n) is 4.76. The normalized spacial score (nSPS) is 21.9. The summed E-state index contributed by atoms with van der Waals surface area (Å²) in [5, 5.41) is 11.7. The number of piperazine rings is 1. The van der Waals surface area contributed by atoms with Crippen molar-refractivity contribution < 1.29 is 35.1 Å². The smallest absolute Gasteiger partial charge is 0.376 e. The number of hydrogen-bond donors (Lipinski definition) is 1. The van der Waals surface area contributed by atoms with Crippen LogP contribution in [-0.4, -0.2) is 81.8 Å². The number of anilines is 1. The van der Waals surface area contributed by atoms with Crippen molar-refractivity contribution in [3.8, 4) is 0 Å². The lowest BCUT2D eigenvalue weighted by Crippen LogP contribution is -2.59. The number of aliphatic hydroxyl groups is 1. The Morgan fingerprint density at radius 1 is 1.05 bits per heavy atom. The third kappa shape index (κ3) is 6.04. The predicted molar refractivity (Wildman–Crippen MR) is 140 cm³/mol. The molecule has 0 amide bonds. The van der Waals surface area contributed by atoms with E-state index in [4.69, 9.17) is 0 Å². The van der Waals surface area contributed by atoms with Crippen LogP contribution in [0.4, 0.5) is 18.9 Å². The molecule has 14 heteroatoms. The van der Waals surface area contributed by atoms with Gasteiger partial charge in [0.05, 0.1) is 12.3 Å². The molecule has 1 saturated carbocycles. The van der Waals surface area contributed by atoms with Crippen LogP contribution in [0.25, 0.3) is 0 Å². The number of nitrogens with zero attached hydrogens (tertiary/aromatic N) is 3. The quantitative estimate of drug-likeness (QED) is 0.477. The Morgan fingerprint density at radius 3 is 2.21 bits per heavy atom. The second-order valence-electron chi connectivity index (χ2n) is 10.1. The zero-order valence-corrected chi connectivity index (χ0v) is 23.6. The number of sulfonamides is 2. The van der Waals surface area contributed by atoms with Crippen LogP contribution in [0.15, 0.2) is 46.0 Å². The number of hydrogen-bond acceptors (Lipinski definition) is 7. The van der Waals surface area contributed by atoms with Gasteiger partial charge < -0.3 is 10.0 Å². The molecular weight excluding hydrogens is 563 g/mol. The average molecular weight is 596 g/mol. The van der Waals surface area contributed by atoms with E-state index in [1.165, 1.54) is 38.9 Å². The lowest BCUT2D eigenvalue weighted by molar-refractivity contribution is -0.258. The van der Waals surface area contributed by atoms with E-state index in [0.717, 1.165) is 36.9 Å². The highest BCUT2D eigenvalue weighted by atomic mass is 32.2. The molecule has 1 aromatic carbocycles. The Balaban J connectivity index is 1.64. The van der Waals surface area contributed by atoms with E-state index in [1.54, 1.807) is 11.4 Å². The fourth-order valence-corrected chi connectivity index (χ4v) is 8.30. The molecule has 1 N–H and O–H groups in total. The Labute approximate surface area is 225 Å². The van der Waals surface area contributed by atoms with Crippen molar-refractivity contribution in [1.29, 1.82) is 0 Å². The largest absolute Gasteiger partial charge is 0.421 e. The second-order valence-corrected chi connectivity index (χ2v) is 15.2. The third-order valence-corrected chi connectivity index (χ3v) is 11.9. The van der Waals surface area contributed by atoms with Crippen molar-refractivity contribution in [3.05, 3.63) is 47.3 Å². The molecule has 1 aliphatic carbocycles. The van der Waals surface area contributed by atoms with E-state index >= 15 is 0 Å². The monoisotopic (exact) mass is 595 g/mol. The van der Waals surface area contributed by atoms with Gasteiger partial charge in [0.25, 0.3) is 10.0 Å². The van der Waals surface area contributed by atoms with Crippen LogP contribution in [0.2, 0.25) is 0 Å². The average Bonchev–Trinajstić information content (AvgIpc) is 3.35. The Kier molecular flexibility index (Phi) is 8.24. The van der Waals surface area contributed by atoms with Gasteiger partial charge in [-0.2, -0.15) is 21.8 Å². The highest BCUT2D eigenvalue weighted by Crippen LogP contribution is 2.39. The first-order chi connectivity index (χ1) is 17.6. The number of benzene rings is 1. The first kappa shape index (κ1) is 29.3. The molecule has 38 heavy (non-hydrogen) atoms. The lowest BCUT2D eigenvalue weighted by Gasteiger charge is -2.44. The molecule has 1 saturated heterocycles. The minimum absolute atomic E-state index is 0.0128. The molecule has 2 fully saturated rings. The number of alkyl halides is 3. The van der Waals surface area contributed by atoms with Crippen LogP contribution in [-0.2, 0) is 25.6 Å². The molecule has 2 aliphatic rings. The van der Waals surface area contributed by atoms with Gasteiger partial charge in [-0.05, 0) is 54.8 Å². The van der Waals surface area contributed by atoms with Crippen molar-refractivity contribution in [2.24, 2.45) is 5.92 Å². The van der Waals surface area contributed by atoms with Gasteiger partial charge in [0, 0.05) is 38.4 Å². The van der Waals surface area contributed by atoms with Crippen molar-refractivity contribution in [3.63, 3.8) is 0 Å². The summed E-state index contributed by atoms with van der Waals surface area (Å²) >= 11 is 1.10. The van der Waals surface area contributed by atoms with Crippen LogP contribution >= 0.6 is 11.3 Å². The van der Waals surface area contributed by atoms with E-state index in [9.17, 15) is 35.1 Å². The molecule has 4 rings (SSSR count). The molecule has 2 aromatic rings. The molecule has 0 radical (unpaired) electrons. The Hall–Kier alpha value is -1.71. The fraction of sp³-hybridized carbons (Fsp3) is 0.583. The zero-order valence-electron chi connectivity index (χ0n) is 21.1. The van der Waals surface area contributed by atoms with E-state index in [2.05, 4.69) is 0 Å². The summed E-state index contributed by atoms with van der Waals surface area (Å²) in [6, 6.07) is 7.86. The topological polar surface area (TPSA) is 98.2 Å². The van der Waals surface area contributed by atoms with Crippen molar-refractivity contribution in [2.75, 3.05) is 43.9 Å². The van der Waals surface area contributed by atoms with Gasteiger partial charge in [0.2, 0.25) is 10.0 Å². The summed E-state index contributed by atoms with van der Waals surface area (Å²) in [6.45, 7) is 1.41. The van der Waals surface area contributed by atoms with Gasteiger partial charge in [-0.1, -0.05) is 24.6 Å². The van der Waals surface area contributed by atoms with Crippen molar-refractivity contribution >= 4 is 37.1 Å². The molecule has 1 aromatic heterocycles. The maximum absolute atomic E-state index is 13.3. The first-order valence-electron chi connectivity index (χ1n) is 12.3. The van der Waals surface area contributed by atoms with Crippen LogP contribution in [0.3, 0.4) is 0 Å². The van der Waals surface area contributed by atoms with E-state index < -0.39 is 37.9 Å². The molecule has 1 aliphatic heterocycles. The molecule has 2 atom stereocenters. The lowest BCUT2D eigenvalue weighted by atomic mass is 9.85. The minimum Gasteiger partial charge on any atom is -0.376 e. The highest BCUT2D eigenvalue weighted by Gasteiger charge is 2.51. The highest BCUT2D eigenvalue weighted by molar-refractivity contribution is 7.91. The van der Waals surface area contributed by atoms with Gasteiger partial charge in [0.15, 0.2) is 5.60 Å². The van der Waals surface area contributed by atoms with E-state index in [0.29, 0.717) is 19.2 Å². The first-order valence-corrected chi connectivity index (χ1v) is 16.4. The van der Waals surface area contributed by atoms with Gasteiger partial charge in [-0.15, -0.1) is 11.3 Å². The summed E-state index contributed by atoms with van der Waals surface area (Å²) in [5.41, 5.74) is -2.84. The van der Waals surface area contributed by atoms with Gasteiger partial charge in [0.1, 0.15) is 4.21 Å². The molecule has 0 bridgehead atoms. The summed E-state index contributed by atoms with van der Waals surface area (Å²) in [7, 11) is -7.39. The molecule has 0 spiro atoms. The van der Waals surface area contributed by atoms with Gasteiger partial charge in [-0.3, -0.25) is 0 Å². The second kappa shape index (κ2) is 10.7. The maximum atomic E-state index is 13.3. The number of rotatable bonds is 9. The number of halogens is 3. The van der Waals surface area contributed by atoms with Gasteiger partial charge >= 0.3 is 6.18 Å². The van der Waals surface area contributed by atoms with Crippen molar-refractivity contribution in [1.82, 2.24) is 8.61 Å². The molecule has 1 unspecified atom stereocenters. The third-order valence-electron chi connectivity index (χ3n) is 7.42. The molecule has 212 valence electrons. The van der Waals surface area contributed by atoms with E-state index in [1.807, 2.05) is 4.90 Å². The zero-order chi connectivity index (χ0) is 27.9. The summed E-state index contributed by atoms with van der Waals surface area (Å²) in [6.07, 6.45) is -0.832. The number of thiophene rings is 1. The predicted octanol–water partition coefficient (Wildman–Crippen LogP) is 3.46.